The normalized spacial score (nSPS) is 13.5. The zero-order chi connectivity index (χ0) is 10.6. The molecule has 1 atom stereocenters. The van der Waals surface area contributed by atoms with Crippen LogP contribution in [0.1, 0.15) is 5.56 Å². The van der Waals surface area contributed by atoms with E-state index in [2.05, 4.69) is 25.9 Å². The van der Waals surface area contributed by atoms with Crippen LogP contribution in [0.25, 0.3) is 0 Å². The van der Waals surface area contributed by atoms with Gasteiger partial charge in [0, 0.05) is 37.2 Å². The Morgan fingerprint density at radius 2 is 2.43 bits per heavy atom. The summed E-state index contributed by atoms with van der Waals surface area (Å²) in [6.07, 6.45) is 3.52. The van der Waals surface area contributed by atoms with Crippen LogP contribution in [0.5, 0.6) is 0 Å². The zero-order valence-corrected chi connectivity index (χ0v) is 10.1. The fourth-order valence-electron chi connectivity index (χ4n) is 1.34. The first-order valence-corrected chi connectivity index (χ1v) is 5.64. The molecule has 0 radical (unpaired) electrons. The van der Waals surface area contributed by atoms with Crippen molar-refractivity contribution in [2.75, 3.05) is 18.9 Å². The van der Waals surface area contributed by atoms with Gasteiger partial charge in [-0.1, -0.05) is 15.9 Å². The van der Waals surface area contributed by atoms with Crippen molar-refractivity contribution < 1.29 is 5.11 Å². The van der Waals surface area contributed by atoms with Gasteiger partial charge in [-0.3, -0.25) is 9.58 Å². The van der Waals surface area contributed by atoms with Gasteiger partial charge in [0.15, 0.2) is 0 Å². The minimum Gasteiger partial charge on any atom is -0.391 e. The number of halogens is 1. The highest BCUT2D eigenvalue weighted by atomic mass is 79.9. The first-order chi connectivity index (χ1) is 6.61. The number of nitrogens with zero attached hydrogens (tertiary/aromatic N) is 3. The lowest BCUT2D eigenvalue weighted by Crippen LogP contribution is -2.29. The van der Waals surface area contributed by atoms with Gasteiger partial charge in [-0.2, -0.15) is 5.10 Å². The molecular formula is C9H16BrN3O. The number of aryl methyl sites for hydroxylation is 1. The summed E-state index contributed by atoms with van der Waals surface area (Å²) < 4.78 is 1.78. The van der Waals surface area contributed by atoms with Crippen molar-refractivity contribution in [2.24, 2.45) is 7.05 Å². The lowest BCUT2D eigenvalue weighted by Gasteiger charge is -2.18. The van der Waals surface area contributed by atoms with Crippen LogP contribution in [0.2, 0.25) is 0 Å². The van der Waals surface area contributed by atoms with Gasteiger partial charge in [0.2, 0.25) is 0 Å². The maximum atomic E-state index is 9.40. The summed E-state index contributed by atoms with van der Waals surface area (Å²) in [7, 11) is 3.88. The second kappa shape index (κ2) is 5.48. The van der Waals surface area contributed by atoms with E-state index in [0.717, 1.165) is 12.1 Å². The van der Waals surface area contributed by atoms with Crippen molar-refractivity contribution in [3.05, 3.63) is 18.0 Å². The van der Waals surface area contributed by atoms with Gasteiger partial charge in [0.05, 0.1) is 12.3 Å². The van der Waals surface area contributed by atoms with Gasteiger partial charge in [-0.15, -0.1) is 0 Å². The Kier molecular flexibility index (Phi) is 4.57. The molecule has 1 unspecified atom stereocenters. The summed E-state index contributed by atoms with van der Waals surface area (Å²) in [5.74, 6) is 0. The standard InChI is InChI=1S/C9H16BrN3O/c1-12(7-9(14)3-10)5-8-4-11-13(2)6-8/h4,6,9,14H,3,5,7H2,1-2H3. The summed E-state index contributed by atoms with van der Waals surface area (Å²) in [5, 5.41) is 14.1. The topological polar surface area (TPSA) is 41.3 Å². The molecule has 1 aromatic rings. The van der Waals surface area contributed by atoms with Crippen molar-refractivity contribution in [1.29, 1.82) is 0 Å². The molecule has 0 aliphatic rings. The number of aliphatic hydroxyl groups is 1. The Labute approximate surface area is 92.6 Å². The van der Waals surface area contributed by atoms with Crippen LogP contribution in [-0.2, 0) is 13.6 Å². The van der Waals surface area contributed by atoms with E-state index in [9.17, 15) is 5.11 Å². The molecular weight excluding hydrogens is 246 g/mol. The highest BCUT2D eigenvalue weighted by Crippen LogP contribution is 2.02. The van der Waals surface area contributed by atoms with Gasteiger partial charge in [-0.25, -0.2) is 0 Å². The summed E-state index contributed by atoms with van der Waals surface area (Å²) in [6.45, 7) is 1.48. The lowest BCUT2D eigenvalue weighted by molar-refractivity contribution is 0.143. The van der Waals surface area contributed by atoms with Gasteiger partial charge in [0.1, 0.15) is 0 Å². The predicted molar refractivity (Wildman–Crippen MR) is 59.3 cm³/mol. The highest BCUT2D eigenvalue weighted by Gasteiger charge is 2.07. The maximum Gasteiger partial charge on any atom is 0.0763 e. The Morgan fingerprint density at radius 1 is 1.71 bits per heavy atom. The van der Waals surface area contributed by atoms with Crippen molar-refractivity contribution in [1.82, 2.24) is 14.7 Å². The molecule has 5 heteroatoms. The van der Waals surface area contributed by atoms with Crippen LogP contribution in [0.15, 0.2) is 12.4 Å². The van der Waals surface area contributed by atoms with Crippen LogP contribution in [0.4, 0.5) is 0 Å². The monoisotopic (exact) mass is 261 g/mol. The molecule has 0 saturated heterocycles. The lowest BCUT2D eigenvalue weighted by atomic mass is 10.3. The van der Waals surface area contributed by atoms with Crippen molar-refractivity contribution in [2.45, 2.75) is 12.6 Å². The van der Waals surface area contributed by atoms with E-state index in [1.165, 1.54) is 0 Å². The second-order valence-electron chi connectivity index (χ2n) is 3.53. The van der Waals surface area contributed by atoms with E-state index in [-0.39, 0.29) is 6.10 Å². The predicted octanol–water partition coefficient (Wildman–Crippen LogP) is 0.608. The zero-order valence-electron chi connectivity index (χ0n) is 8.52. The minimum absolute atomic E-state index is 0.309. The van der Waals surface area contributed by atoms with Gasteiger partial charge in [-0.05, 0) is 7.05 Å². The molecule has 0 bridgehead atoms. The molecule has 1 N–H and O–H groups in total. The summed E-state index contributed by atoms with van der Waals surface area (Å²) in [6, 6.07) is 0. The molecule has 1 heterocycles. The van der Waals surface area contributed by atoms with E-state index in [4.69, 9.17) is 0 Å². The third-order valence-electron chi connectivity index (χ3n) is 1.91. The Bertz CT molecular complexity index is 277. The summed E-state index contributed by atoms with van der Waals surface area (Å²) in [5.41, 5.74) is 1.16. The molecule has 0 amide bonds. The highest BCUT2D eigenvalue weighted by molar-refractivity contribution is 9.09. The molecule has 14 heavy (non-hydrogen) atoms. The summed E-state index contributed by atoms with van der Waals surface area (Å²) >= 11 is 3.24. The minimum atomic E-state index is -0.309. The van der Waals surface area contributed by atoms with Crippen LogP contribution in [-0.4, -0.2) is 44.8 Å². The van der Waals surface area contributed by atoms with Gasteiger partial charge in [0.25, 0.3) is 0 Å². The molecule has 1 rings (SSSR count). The first-order valence-electron chi connectivity index (χ1n) is 4.52. The first kappa shape index (κ1) is 11.7. The van der Waals surface area contributed by atoms with E-state index < -0.39 is 0 Å². The van der Waals surface area contributed by atoms with Crippen molar-refractivity contribution >= 4 is 15.9 Å². The van der Waals surface area contributed by atoms with Crippen LogP contribution >= 0.6 is 15.9 Å². The molecule has 1 aromatic heterocycles. The number of likely N-dealkylation sites (N-methyl/N-ethyl adjacent to an activating group) is 1. The quantitative estimate of drug-likeness (QED) is 0.790. The number of hydrogen-bond acceptors (Lipinski definition) is 3. The molecule has 4 nitrogen and oxygen atoms in total. The summed E-state index contributed by atoms with van der Waals surface area (Å²) in [4.78, 5) is 2.07. The fraction of sp³-hybridized carbons (Fsp3) is 0.667. The Morgan fingerprint density at radius 3 is 2.93 bits per heavy atom. The largest absolute Gasteiger partial charge is 0.391 e. The molecule has 0 aliphatic heterocycles. The number of rotatable bonds is 5. The van der Waals surface area contributed by atoms with E-state index in [0.29, 0.717) is 11.9 Å². The van der Waals surface area contributed by atoms with E-state index in [1.807, 2.05) is 26.5 Å². The SMILES string of the molecule is CN(Cc1cnn(C)c1)CC(O)CBr. The third-order valence-corrected chi connectivity index (χ3v) is 2.66. The van der Waals surface area contributed by atoms with Gasteiger partial charge < -0.3 is 5.11 Å². The number of hydrogen-bond donors (Lipinski definition) is 1. The molecule has 80 valence electrons. The van der Waals surface area contributed by atoms with Crippen LogP contribution in [0.3, 0.4) is 0 Å². The molecule has 0 aromatic carbocycles. The second-order valence-corrected chi connectivity index (χ2v) is 4.17. The maximum absolute atomic E-state index is 9.40. The smallest absolute Gasteiger partial charge is 0.0763 e. The van der Waals surface area contributed by atoms with Crippen LogP contribution in [0, 0.1) is 0 Å². The van der Waals surface area contributed by atoms with Crippen molar-refractivity contribution in [3.8, 4) is 0 Å². The Hall–Kier alpha value is -0.390. The Balaban J connectivity index is 2.37. The van der Waals surface area contributed by atoms with Gasteiger partial charge >= 0.3 is 0 Å². The number of aliphatic hydroxyl groups excluding tert-OH is 1. The number of aromatic nitrogens is 2. The third kappa shape index (κ3) is 3.77. The molecule has 0 fully saturated rings. The molecule has 0 saturated carbocycles. The van der Waals surface area contributed by atoms with E-state index >= 15 is 0 Å². The average Bonchev–Trinajstić information content (AvgIpc) is 2.50. The molecule has 0 aliphatic carbocycles. The fourth-order valence-corrected chi connectivity index (χ4v) is 1.54. The molecule has 0 spiro atoms. The average molecular weight is 262 g/mol. The number of alkyl halides is 1. The van der Waals surface area contributed by atoms with Crippen LogP contribution < -0.4 is 0 Å². The van der Waals surface area contributed by atoms with E-state index in [1.54, 1.807) is 4.68 Å². The van der Waals surface area contributed by atoms with Crippen molar-refractivity contribution in [3.63, 3.8) is 0 Å².